The van der Waals surface area contributed by atoms with Gasteiger partial charge in [0.15, 0.2) is 0 Å². The van der Waals surface area contributed by atoms with Gasteiger partial charge in [-0.2, -0.15) is 11.8 Å². The Morgan fingerprint density at radius 3 is 2.56 bits per heavy atom. The lowest BCUT2D eigenvalue weighted by Gasteiger charge is -2.45. The highest BCUT2D eigenvalue weighted by atomic mass is 32.2. The summed E-state index contributed by atoms with van der Waals surface area (Å²) in [6.07, 6.45) is 2.60. The Hall–Kier alpha value is 0.270. The van der Waals surface area contributed by atoms with Crippen molar-refractivity contribution in [1.82, 2.24) is 10.2 Å². The molecule has 1 aliphatic rings. The molecule has 0 spiro atoms. The van der Waals surface area contributed by atoms with E-state index >= 15 is 0 Å². The van der Waals surface area contributed by atoms with Crippen molar-refractivity contribution in [3.8, 4) is 0 Å². The second-order valence-electron chi connectivity index (χ2n) is 5.91. The highest BCUT2D eigenvalue weighted by Gasteiger charge is 2.32. The number of nitrogens with one attached hydrogen (secondary N) is 1. The molecule has 1 N–H and O–H groups in total. The maximum atomic E-state index is 3.74. The minimum Gasteiger partial charge on any atom is -0.311 e. The first-order valence-corrected chi connectivity index (χ1v) is 8.82. The molecule has 0 aromatic carbocycles. The summed E-state index contributed by atoms with van der Waals surface area (Å²) < 4.78 is 0. The zero-order chi connectivity index (χ0) is 13.5. The molecule has 0 radical (unpaired) electrons. The normalized spacial score (nSPS) is 27.7. The molecule has 0 saturated carbocycles. The Morgan fingerprint density at radius 1 is 1.28 bits per heavy atom. The summed E-state index contributed by atoms with van der Waals surface area (Å²) in [5.41, 5.74) is 0. The van der Waals surface area contributed by atoms with Crippen molar-refractivity contribution in [1.29, 1.82) is 0 Å². The van der Waals surface area contributed by atoms with Crippen LogP contribution in [0.15, 0.2) is 0 Å². The smallest absolute Gasteiger partial charge is 0.0247 e. The predicted molar refractivity (Wildman–Crippen MR) is 84.5 cm³/mol. The van der Waals surface area contributed by atoms with Crippen molar-refractivity contribution in [2.45, 2.75) is 65.6 Å². The van der Waals surface area contributed by atoms with Crippen molar-refractivity contribution < 1.29 is 0 Å². The molecule has 1 saturated heterocycles. The molecule has 0 bridgehead atoms. The lowest BCUT2D eigenvalue weighted by Crippen LogP contribution is -2.61. The van der Waals surface area contributed by atoms with E-state index in [1.54, 1.807) is 0 Å². The summed E-state index contributed by atoms with van der Waals surface area (Å²) in [6, 6.07) is 2.13. The summed E-state index contributed by atoms with van der Waals surface area (Å²) >= 11 is 2.08. The average molecular weight is 273 g/mol. The Morgan fingerprint density at radius 2 is 2.00 bits per heavy atom. The summed E-state index contributed by atoms with van der Waals surface area (Å²) in [5, 5.41) is 3.74. The average Bonchev–Trinajstić information content (AvgIpc) is 2.36. The second-order valence-corrected chi connectivity index (χ2v) is 7.23. The van der Waals surface area contributed by atoms with Gasteiger partial charge < -0.3 is 5.32 Å². The van der Waals surface area contributed by atoms with Crippen molar-refractivity contribution >= 4 is 11.8 Å². The van der Waals surface area contributed by atoms with Gasteiger partial charge in [-0.15, -0.1) is 0 Å². The molecule has 108 valence electrons. The fourth-order valence-electron chi connectivity index (χ4n) is 2.91. The molecule has 0 aromatic heterocycles. The lowest BCUT2D eigenvalue weighted by molar-refractivity contribution is 0.0687. The molecule has 0 amide bonds. The molecule has 0 aliphatic carbocycles. The van der Waals surface area contributed by atoms with E-state index in [0.717, 1.165) is 5.92 Å². The molecule has 0 aromatic rings. The molecule has 1 aliphatic heterocycles. The van der Waals surface area contributed by atoms with E-state index in [1.165, 1.54) is 37.4 Å². The second kappa shape index (κ2) is 8.44. The van der Waals surface area contributed by atoms with Crippen LogP contribution in [0.5, 0.6) is 0 Å². The van der Waals surface area contributed by atoms with Gasteiger partial charge in [-0.1, -0.05) is 34.1 Å². The SMILES string of the molecule is CCCC1CN(C(C)CSCC)C(C(C)C)CN1. The summed E-state index contributed by atoms with van der Waals surface area (Å²) in [7, 11) is 0. The fraction of sp³-hybridized carbons (Fsp3) is 1.00. The van der Waals surface area contributed by atoms with Gasteiger partial charge in [0.25, 0.3) is 0 Å². The van der Waals surface area contributed by atoms with Crippen LogP contribution in [0.25, 0.3) is 0 Å². The van der Waals surface area contributed by atoms with Crippen molar-refractivity contribution in [3.05, 3.63) is 0 Å². The highest BCUT2D eigenvalue weighted by molar-refractivity contribution is 7.99. The third-order valence-corrected chi connectivity index (χ3v) is 5.14. The van der Waals surface area contributed by atoms with Crippen LogP contribution in [-0.4, -0.2) is 47.6 Å². The van der Waals surface area contributed by atoms with Gasteiger partial charge in [0.1, 0.15) is 0 Å². The van der Waals surface area contributed by atoms with E-state index in [9.17, 15) is 0 Å². The van der Waals surface area contributed by atoms with Crippen LogP contribution in [0.1, 0.15) is 47.5 Å². The van der Waals surface area contributed by atoms with Crippen molar-refractivity contribution in [2.24, 2.45) is 5.92 Å². The molecule has 3 unspecified atom stereocenters. The van der Waals surface area contributed by atoms with Gasteiger partial charge in [0.05, 0.1) is 0 Å². The van der Waals surface area contributed by atoms with Gasteiger partial charge in [-0.25, -0.2) is 0 Å². The molecular formula is C15H32N2S. The van der Waals surface area contributed by atoms with Crippen LogP contribution in [0.2, 0.25) is 0 Å². The largest absolute Gasteiger partial charge is 0.311 e. The minimum atomic E-state index is 0.707. The van der Waals surface area contributed by atoms with Gasteiger partial charge >= 0.3 is 0 Å². The number of hydrogen-bond donors (Lipinski definition) is 1. The monoisotopic (exact) mass is 272 g/mol. The van der Waals surface area contributed by atoms with E-state index in [2.05, 4.69) is 56.6 Å². The molecule has 3 heteroatoms. The van der Waals surface area contributed by atoms with E-state index in [4.69, 9.17) is 0 Å². The van der Waals surface area contributed by atoms with Crippen LogP contribution in [0.3, 0.4) is 0 Å². The highest BCUT2D eigenvalue weighted by Crippen LogP contribution is 2.21. The number of rotatable bonds is 7. The summed E-state index contributed by atoms with van der Waals surface area (Å²) in [5.74, 6) is 3.26. The van der Waals surface area contributed by atoms with Crippen molar-refractivity contribution in [2.75, 3.05) is 24.6 Å². The molecule has 2 nitrogen and oxygen atoms in total. The fourth-order valence-corrected chi connectivity index (χ4v) is 3.68. The van der Waals surface area contributed by atoms with E-state index in [-0.39, 0.29) is 0 Å². The number of thioether (sulfide) groups is 1. The first kappa shape index (κ1) is 16.3. The maximum absolute atomic E-state index is 3.74. The Bertz CT molecular complexity index is 221. The quantitative estimate of drug-likeness (QED) is 0.766. The van der Waals surface area contributed by atoms with E-state index in [1.807, 2.05) is 0 Å². The van der Waals surface area contributed by atoms with Crippen LogP contribution in [-0.2, 0) is 0 Å². The molecule has 18 heavy (non-hydrogen) atoms. The standard InChI is InChI=1S/C15H32N2S/c1-6-8-14-10-17(13(5)11-18-7-2)15(9-16-14)12(3)4/h12-16H,6-11H2,1-5H3. The van der Waals surface area contributed by atoms with Crippen LogP contribution < -0.4 is 5.32 Å². The topological polar surface area (TPSA) is 15.3 Å². The lowest BCUT2D eigenvalue weighted by atomic mass is 9.95. The van der Waals surface area contributed by atoms with Gasteiger partial charge in [-0.05, 0) is 25.0 Å². The van der Waals surface area contributed by atoms with Crippen molar-refractivity contribution in [3.63, 3.8) is 0 Å². The van der Waals surface area contributed by atoms with Crippen LogP contribution in [0.4, 0.5) is 0 Å². The van der Waals surface area contributed by atoms with Gasteiger partial charge in [-0.3, -0.25) is 4.90 Å². The molecular weight excluding hydrogens is 240 g/mol. The summed E-state index contributed by atoms with van der Waals surface area (Å²) in [4.78, 5) is 2.77. The van der Waals surface area contributed by atoms with Crippen LogP contribution in [0, 0.1) is 5.92 Å². The Balaban J connectivity index is 2.59. The van der Waals surface area contributed by atoms with Gasteiger partial charge in [0.2, 0.25) is 0 Å². The summed E-state index contributed by atoms with van der Waals surface area (Å²) in [6.45, 7) is 14.1. The first-order valence-electron chi connectivity index (χ1n) is 7.66. The molecule has 1 fully saturated rings. The van der Waals surface area contributed by atoms with E-state index in [0.29, 0.717) is 18.1 Å². The predicted octanol–water partition coefficient (Wildman–Crippen LogP) is 3.23. The molecule has 1 heterocycles. The van der Waals surface area contributed by atoms with Crippen LogP contribution >= 0.6 is 11.8 Å². The third-order valence-electron chi connectivity index (χ3n) is 4.01. The number of nitrogens with zero attached hydrogens (tertiary/aromatic N) is 1. The zero-order valence-corrected chi connectivity index (χ0v) is 13.7. The number of hydrogen-bond acceptors (Lipinski definition) is 3. The maximum Gasteiger partial charge on any atom is 0.0247 e. The number of piperazine rings is 1. The molecule has 1 rings (SSSR count). The van der Waals surface area contributed by atoms with Gasteiger partial charge in [0, 0.05) is 37.0 Å². The minimum absolute atomic E-state index is 0.707. The Kier molecular flexibility index (Phi) is 7.66. The zero-order valence-electron chi connectivity index (χ0n) is 12.9. The van der Waals surface area contributed by atoms with E-state index < -0.39 is 0 Å². The third kappa shape index (κ3) is 4.75. The Labute approximate surface area is 118 Å². The molecule has 3 atom stereocenters. The first-order chi connectivity index (χ1) is 8.60.